The lowest BCUT2D eigenvalue weighted by atomic mass is 10.0. The van der Waals surface area contributed by atoms with Crippen LogP contribution in [0, 0.1) is 6.92 Å². The van der Waals surface area contributed by atoms with Crippen LogP contribution in [0.1, 0.15) is 35.7 Å². The van der Waals surface area contributed by atoms with Gasteiger partial charge in [0.15, 0.2) is 0 Å². The molecule has 1 aliphatic rings. The number of hydrogen-bond donors (Lipinski definition) is 2. The Balaban J connectivity index is 2.04. The van der Waals surface area contributed by atoms with E-state index in [2.05, 4.69) is 12.2 Å². The Labute approximate surface area is 113 Å². The lowest BCUT2D eigenvalue weighted by Gasteiger charge is -2.23. The molecule has 1 aromatic rings. The highest BCUT2D eigenvalue weighted by molar-refractivity contribution is 8.00. The third kappa shape index (κ3) is 2.80. The van der Waals surface area contributed by atoms with Crippen LogP contribution in [-0.4, -0.2) is 23.0 Å². The number of benzene rings is 1. The number of amides is 1. The number of hydrogen-bond acceptors (Lipinski definition) is 3. The summed E-state index contributed by atoms with van der Waals surface area (Å²) in [6, 6.07) is 5.56. The highest BCUT2D eigenvalue weighted by Crippen LogP contribution is 2.37. The number of rotatable bonds is 3. The van der Waals surface area contributed by atoms with Gasteiger partial charge in [-0.05, 0) is 44.1 Å². The van der Waals surface area contributed by atoms with Crippen molar-refractivity contribution >= 4 is 23.4 Å². The topological polar surface area (TPSA) is 55.1 Å². The molecule has 0 saturated carbocycles. The molecule has 2 rings (SSSR count). The molecule has 1 unspecified atom stereocenters. The number of aryl methyl sites for hydroxylation is 1. The Hall–Kier alpha value is -1.16. The summed E-state index contributed by atoms with van der Waals surface area (Å²) in [6.45, 7) is 4.84. The number of anilines is 1. The molecule has 1 atom stereocenters. The predicted molar refractivity (Wildman–Crippen MR) is 78.0 cm³/mol. The summed E-state index contributed by atoms with van der Waals surface area (Å²) < 4.78 is 0.188. The highest BCUT2D eigenvalue weighted by atomic mass is 32.2. The van der Waals surface area contributed by atoms with Gasteiger partial charge < -0.3 is 11.1 Å². The SMILES string of the molecule is Cc1cccc(N)c1C(=O)NCC1(C)CCCS1. The van der Waals surface area contributed by atoms with Gasteiger partial charge in [-0.3, -0.25) is 4.79 Å². The standard InChI is InChI=1S/C14H20N2OS/c1-10-5-3-6-11(15)12(10)13(17)16-9-14(2)7-4-8-18-14/h3,5-6H,4,7-9,15H2,1-2H3,(H,16,17). The van der Waals surface area contributed by atoms with Gasteiger partial charge in [0.05, 0.1) is 5.56 Å². The van der Waals surface area contributed by atoms with E-state index in [1.54, 1.807) is 6.07 Å². The van der Waals surface area contributed by atoms with Gasteiger partial charge in [-0.15, -0.1) is 0 Å². The van der Waals surface area contributed by atoms with Gasteiger partial charge in [0.2, 0.25) is 0 Å². The van der Waals surface area contributed by atoms with Crippen LogP contribution in [0.15, 0.2) is 18.2 Å². The van der Waals surface area contributed by atoms with Crippen molar-refractivity contribution < 1.29 is 4.79 Å². The number of carbonyl (C=O) groups is 1. The molecule has 1 aromatic carbocycles. The monoisotopic (exact) mass is 264 g/mol. The predicted octanol–water partition coefficient (Wildman–Crippen LogP) is 2.59. The van der Waals surface area contributed by atoms with Crippen LogP contribution in [0.25, 0.3) is 0 Å². The first-order chi connectivity index (χ1) is 8.52. The van der Waals surface area contributed by atoms with E-state index >= 15 is 0 Å². The van der Waals surface area contributed by atoms with Crippen molar-refractivity contribution in [2.24, 2.45) is 0 Å². The molecular formula is C14H20N2OS. The van der Waals surface area contributed by atoms with Crippen LogP contribution in [0.2, 0.25) is 0 Å². The minimum Gasteiger partial charge on any atom is -0.398 e. The van der Waals surface area contributed by atoms with E-state index in [4.69, 9.17) is 5.73 Å². The largest absolute Gasteiger partial charge is 0.398 e. The summed E-state index contributed by atoms with van der Waals surface area (Å²) in [4.78, 5) is 12.2. The molecule has 1 fully saturated rings. The van der Waals surface area contributed by atoms with Gasteiger partial charge in [0.25, 0.3) is 5.91 Å². The molecule has 1 saturated heterocycles. The number of nitrogens with two attached hydrogens (primary N) is 1. The van der Waals surface area contributed by atoms with E-state index in [0.29, 0.717) is 17.8 Å². The maximum atomic E-state index is 12.2. The Morgan fingerprint density at radius 1 is 1.56 bits per heavy atom. The second-order valence-corrected chi connectivity index (χ2v) is 6.81. The summed E-state index contributed by atoms with van der Waals surface area (Å²) >= 11 is 1.94. The fraction of sp³-hybridized carbons (Fsp3) is 0.500. The molecule has 3 N–H and O–H groups in total. The summed E-state index contributed by atoms with van der Waals surface area (Å²) in [7, 11) is 0. The Morgan fingerprint density at radius 3 is 2.94 bits per heavy atom. The van der Waals surface area contributed by atoms with Crippen molar-refractivity contribution in [2.75, 3.05) is 18.0 Å². The fourth-order valence-corrected chi connectivity index (χ4v) is 3.58. The van der Waals surface area contributed by atoms with Crippen LogP contribution in [0.3, 0.4) is 0 Å². The smallest absolute Gasteiger partial charge is 0.253 e. The maximum Gasteiger partial charge on any atom is 0.253 e. The van der Waals surface area contributed by atoms with Gasteiger partial charge in [-0.25, -0.2) is 0 Å². The first-order valence-corrected chi connectivity index (χ1v) is 7.28. The number of carbonyl (C=O) groups excluding carboxylic acids is 1. The number of thioether (sulfide) groups is 1. The second kappa shape index (κ2) is 5.22. The van der Waals surface area contributed by atoms with E-state index in [-0.39, 0.29) is 10.7 Å². The molecule has 98 valence electrons. The van der Waals surface area contributed by atoms with E-state index < -0.39 is 0 Å². The zero-order valence-corrected chi connectivity index (χ0v) is 11.8. The second-order valence-electron chi connectivity index (χ2n) is 5.12. The van der Waals surface area contributed by atoms with Crippen LogP contribution in [-0.2, 0) is 0 Å². The molecule has 0 spiro atoms. The van der Waals surface area contributed by atoms with Gasteiger partial charge in [0.1, 0.15) is 0 Å². The molecule has 4 heteroatoms. The van der Waals surface area contributed by atoms with E-state index in [1.165, 1.54) is 18.6 Å². The van der Waals surface area contributed by atoms with Crippen molar-refractivity contribution in [3.8, 4) is 0 Å². The van der Waals surface area contributed by atoms with Crippen LogP contribution < -0.4 is 11.1 Å². The zero-order chi connectivity index (χ0) is 13.2. The van der Waals surface area contributed by atoms with Gasteiger partial charge in [0, 0.05) is 17.0 Å². The molecule has 18 heavy (non-hydrogen) atoms. The van der Waals surface area contributed by atoms with Crippen molar-refractivity contribution in [1.82, 2.24) is 5.32 Å². The van der Waals surface area contributed by atoms with Crippen LogP contribution >= 0.6 is 11.8 Å². The molecule has 1 heterocycles. The molecule has 0 radical (unpaired) electrons. The Kier molecular flexibility index (Phi) is 3.85. The molecule has 0 aromatic heterocycles. The van der Waals surface area contributed by atoms with Crippen LogP contribution in [0.4, 0.5) is 5.69 Å². The summed E-state index contributed by atoms with van der Waals surface area (Å²) in [5, 5.41) is 3.02. The molecule has 1 amide bonds. The highest BCUT2D eigenvalue weighted by Gasteiger charge is 2.30. The minimum atomic E-state index is -0.0562. The molecule has 0 aliphatic carbocycles. The van der Waals surface area contributed by atoms with Crippen molar-refractivity contribution in [3.05, 3.63) is 29.3 Å². The van der Waals surface area contributed by atoms with E-state index in [0.717, 1.165) is 5.56 Å². The van der Waals surface area contributed by atoms with E-state index in [9.17, 15) is 4.79 Å². The summed E-state index contributed by atoms with van der Waals surface area (Å²) in [6.07, 6.45) is 2.41. The molecule has 1 aliphatic heterocycles. The maximum absolute atomic E-state index is 12.2. The minimum absolute atomic E-state index is 0.0562. The molecule has 3 nitrogen and oxygen atoms in total. The average molecular weight is 264 g/mol. The normalized spacial score (nSPS) is 23.0. The number of nitrogen functional groups attached to an aromatic ring is 1. The molecule has 0 bridgehead atoms. The summed E-state index contributed by atoms with van der Waals surface area (Å²) in [5.74, 6) is 1.14. The van der Waals surface area contributed by atoms with Crippen molar-refractivity contribution in [3.63, 3.8) is 0 Å². The summed E-state index contributed by atoms with van der Waals surface area (Å²) in [5.41, 5.74) is 7.97. The Bertz CT molecular complexity index is 433. The van der Waals surface area contributed by atoms with Crippen LogP contribution in [0.5, 0.6) is 0 Å². The third-order valence-corrected chi connectivity index (χ3v) is 4.99. The first kappa shape index (κ1) is 13.3. The molecular weight excluding hydrogens is 244 g/mol. The Morgan fingerprint density at radius 2 is 2.33 bits per heavy atom. The van der Waals surface area contributed by atoms with Crippen molar-refractivity contribution in [2.45, 2.75) is 31.4 Å². The van der Waals surface area contributed by atoms with Crippen molar-refractivity contribution in [1.29, 1.82) is 0 Å². The quantitative estimate of drug-likeness (QED) is 0.825. The van der Waals surface area contributed by atoms with Gasteiger partial charge in [-0.1, -0.05) is 12.1 Å². The lowest BCUT2D eigenvalue weighted by molar-refractivity contribution is 0.0950. The van der Waals surface area contributed by atoms with Gasteiger partial charge >= 0.3 is 0 Å². The number of nitrogens with one attached hydrogen (secondary N) is 1. The average Bonchev–Trinajstić information content (AvgIpc) is 2.74. The van der Waals surface area contributed by atoms with Gasteiger partial charge in [-0.2, -0.15) is 11.8 Å². The first-order valence-electron chi connectivity index (χ1n) is 6.29. The third-order valence-electron chi connectivity index (χ3n) is 3.46. The lowest BCUT2D eigenvalue weighted by Crippen LogP contribution is -2.37. The zero-order valence-electron chi connectivity index (χ0n) is 11.0. The van der Waals surface area contributed by atoms with E-state index in [1.807, 2.05) is 30.8 Å². The fourth-order valence-electron chi connectivity index (χ4n) is 2.33.